The van der Waals surface area contributed by atoms with Crippen LogP contribution in [-0.2, 0) is 12.0 Å². The second kappa shape index (κ2) is 8.40. The number of hydrogen-bond donors (Lipinski definition) is 2. The summed E-state index contributed by atoms with van der Waals surface area (Å²) in [4.78, 5) is 20.7. The molecule has 1 amide bonds. The Balaban J connectivity index is 1.60. The molecule has 3 aromatic rings. The first-order valence-electron chi connectivity index (χ1n) is 9.04. The molecule has 0 saturated carbocycles. The van der Waals surface area contributed by atoms with Crippen LogP contribution in [0.1, 0.15) is 42.4 Å². The maximum atomic E-state index is 12.3. The first-order valence-corrected chi connectivity index (χ1v) is 9.42. The molecule has 1 heterocycles. The second-order valence-electron chi connectivity index (χ2n) is 7.51. The summed E-state index contributed by atoms with van der Waals surface area (Å²) >= 11 is 6.10. The van der Waals surface area contributed by atoms with Crippen molar-refractivity contribution in [2.45, 2.75) is 32.7 Å². The number of halogens is 1. The van der Waals surface area contributed by atoms with Gasteiger partial charge in [0.2, 0.25) is 0 Å². The molecule has 6 heteroatoms. The highest BCUT2D eigenvalue weighted by molar-refractivity contribution is 6.31. The summed E-state index contributed by atoms with van der Waals surface area (Å²) in [6, 6.07) is 15.6. The van der Waals surface area contributed by atoms with Gasteiger partial charge < -0.3 is 10.6 Å². The lowest BCUT2D eigenvalue weighted by Crippen LogP contribution is -2.24. The van der Waals surface area contributed by atoms with Crippen LogP contribution in [0.5, 0.6) is 0 Å². The first kappa shape index (κ1) is 19.8. The number of amides is 1. The van der Waals surface area contributed by atoms with Gasteiger partial charge >= 0.3 is 0 Å². The SMILES string of the molecule is CC(C)(C)c1ccc(Nc2cnc(C(=O)NCc3ccccc3Cl)cn2)cc1. The summed E-state index contributed by atoms with van der Waals surface area (Å²) in [5, 5.41) is 6.61. The van der Waals surface area contributed by atoms with Gasteiger partial charge in [-0.1, -0.05) is 62.7 Å². The van der Waals surface area contributed by atoms with Crippen LogP contribution in [0, 0.1) is 0 Å². The Kier molecular flexibility index (Phi) is 5.95. The summed E-state index contributed by atoms with van der Waals surface area (Å²) in [5.74, 6) is 0.277. The average molecular weight is 395 g/mol. The fourth-order valence-corrected chi connectivity index (χ4v) is 2.82. The molecule has 0 spiro atoms. The molecule has 0 aliphatic heterocycles. The molecule has 2 aromatic carbocycles. The number of benzene rings is 2. The van der Waals surface area contributed by atoms with Crippen molar-refractivity contribution < 1.29 is 4.79 Å². The van der Waals surface area contributed by atoms with Gasteiger partial charge in [0.1, 0.15) is 11.5 Å². The van der Waals surface area contributed by atoms with E-state index in [9.17, 15) is 4.79 Å². The van der Waals surface area contributed by atoms with E-state index in [-0.39, 0.29) is 17.0 Å². The zero-order valence-corrected chi connectivity index (χ0v) is 16.9. The molecule has 3 rings (SSSR count). The standard InChI is InChI=1S/C22H23ClN4O/c1-22(2,3)16-8-10-17(11-9-16)27-20-14-24-19(13-25-20)21(28)26-12-15-6-4-5-7-18(15)23/h4-11,13-14H,12H2,1-3H3,(H,25,27)(H,26,28). The lowest BCUT2D eigenvalue weighted by molar-refractivity contribution is 0.0945. The number of anilines is 2. The lowest BCUT2D eigenvalue weighted by Gasteiger charge is -2.19. The molecule has 0 aliphatic rings. The van der Waals surface area contributed by atoms with Crippen LogP contribution in [0.2, 0.25) is 5.02 Å². The molecule has 5 nitrogen and oxygen atoms in total. The Morgan fingerprint density at radius 3 is 2.32 bits per heavy atom. The van der Waals surface area contributed by atoms with E-state index in [1.54, 1.807) is 12.3 Å². The Bertz CT molecular complexity index is 948. The zero-order chi connectivity index (χ0) is 20.1. The van der Waals surface area contributed by atoms with Crippen molar-refractivity contribution >= 4 is 29.0 Å². The fraction of sp³-hybridized carbons (Fsp3) is 0.227. The summed E-state index contributed by atoms with van der Waals surface area (Å²) in [5.41, 5.74) is 3.38. The molecule has 0 unspecified atom stereocenters. The molecule has 2 N–H and O–H groups in total. The third kappa shape index (κ3) is 5.08. The highest BCUT2D eigenvalue weighted by Gasteiger charge is 2.13. The number of hydrogen-bond acceptors (Lipinski definition) is 4. The van der Waals surface area contributed by atoms with Crippen LogP contribution >= 0.6 is 11.6 Å². The van der Waals surface area contributed by atoms with Crippen molar-refractivity contribution in [2.75, 3.05) is 5.32 Å². The smallest absolute Gasteiger partial charge is 0.271 e. The monoisotopic (exact) mass is 394 g/mol. The van der Waals surface area contributed by atoms with Crippen LogP contribution in [0.3, 0.4) is 0 Å². The van der Waals surface area contributed by atoms with Gasteiger partial charge in [0, 0.05) is 17.3 Å². The lowest BCUT2D eigenvalue weighted by atomic mass is 9.87. The van der Waals surface area contributed by atoms with Gasteiger partial charge in [0.05, 0.1) is 12.4 Å². The van der Waals surface area contributed by atoms with Crippen molar-refractivity contribution in [3.05, 3.63) is 82.8 Å². The number of carbonyl (C=O) groups is 1. The van der Waals surface area contributed by atoms with Crippen molar-refractivity contribution in [1.29, 1.82) is 0 Å². The molecule has 0 bridgehead atoms. The maximum absolute atomic E-state index is 12.3. The predicted molar refractivity (Wildman–Crippen MR) is 113 cm³/mol. The second-order valence-corrected chi connectivity index (χ2v) is 7.92. The van der Waals surface area contributed by atoms with E-state index in [1.807, 2.05) is 30.3 Å². The minimum atomic E-state index is -0.298. The predicted octanol–water partition coefficient (Wildman–Crippen LogP) is 5.10. The molecular formula is C22H23ClN4O. The Morgan fingerprint density at radius 2 is 1.71 bits per heavy atom. The molecule has 0 aliphatic carbocycles. The number of rotatable bonds is 5. The van der Waals surface area contributed by atoms with Gasteiger partial charge in [-0.05, 0) is 34.7 Å². The minimum absolute atomic E-state index is 0.108. The third-order valence-electron chi connectivity index (χ3n) is 4.31. The van der Waals surface area contributed by atoms with Gasteiger partial charge in [-0.2, -0.15) is 0 Å². The van der Waals surface area contributed by atoms with E-state index < -0.39 is 0 Å². The van der Waals surface area contributed by atoms with E-state index in [0.29, 0.717) is 17.4 Å². The quantitative estimate of drug-likeness (QED) is 0.631. The molecular weight excluding hydrogens is 372 g/mol. The number of carbonyl (C=O) groups excluding carboxylic acids is 1. The van der Waals surface area contributed by atoms with Crippen molar-refractivity contribution in [3.63, 3.8) is 0 Å². The Hall–Kier alpha value is -2.92. The van der Waals surface area contributed by atoms with Gasteiger partial charge in [-0.25, -0.2) is 9.97 Å². The molecule has 1 aromatic heterocycles. The van der Waals surface area contributed by atoms with Crippen LogP contribution < -0.4 is 10.6 Å². The first-order chi connectivity index (χ1) is 13.3. The largest absolute Gasteiger partial charge is 0.347 e. The van der Waals surface area contributed by atoms with Gasteiger partial charge in [-0.15, -0.1) is 0 Å². The summed E-state index contributed by atoms with van der Waals surface area (Å²) in [7, 11) is 0. The van der Waals surface area contributed by atoms with Gasteiger partial charge in [-0.3, -0.25) is 4.79 Å². The fourth-order valence-electron chi connectivity index (χ4n) is 2.62. The molecule has 0 radical (unpaired) electrons. The van der Waals surface area contributed by atoms with Crippen molar-refractivity contribution in [3.8, 4) is 0 Å². The van der Waals surface area contributed by atoms with E-state index in [2.05, 4.69) is 53.5 Å². The normalized spacial score (nSPS) is 11.1. The topological polar surface area (TPSA) is 66.9 Å². The average Bonchev–Trinajstić information content (AvgIpc) is 2.67. The van der Waals surface area contributed by atoms with Crippen LogP contribution in [0.15, 0.2) is 60.9 Å². The molecule has 0 fully saturated rings. The van der Waals surface area contributed by atoms with E-state index in [0.717, 1.165) is 11.3 Å². The molecule has 144 valence electrons. The highest BCUT2D eigenvalue weighted by Crippen LogP contribution is 2.24. The minimum Gasteiger partial charge on any atom is -0.347 e. The molecule has 0 atom stereocenters. The van der Waals surface area contributed by atoms with E-state index in [1.165, 1.54) is 11.8 Å². The third-order valence-corrected chi connectivity index (χ3v) is 4.67. The summed E-state index contributed by atoms with van der Waals surface area (Å²) < 4.78 is 0. The highest BCUT2D eigenvalue weighted by atomic mass is 35.5. The Morgan fingerprint density at radius 1 is 1.00 bits per heavy atom. The van der Waals surface area contributed by atoms with Gasteiger partial charge in [0.15, 0.2) is 0 Å². The summed E-state index contributed by atoms with van der Waals surface area (Å²) in [6.45, 7) is 6.86. The van der Waals surface area contributed by atoms with Crippen LogP contribution in [-0.4, -0.2) is 15.9 Å². The Labute approximate surface area is 170 Å². The van der Waals surface area contributed by atoms with E-state index >= 15 is 0 Å². The maximum Gasteiger partial charge on any atom is 0.271 e. The van der Waals surface area contributed by atoms with Crippen molar-refractivity contribution in [2.24, 2.45) is 0 Å². The van der Waals surface area contributed by atoms with Crippen LogP contribution in [0.4, 0.5) is 11.5 Å². The van der Waals surface area contributed by atoms with Crippen molar-refractivity contribution in [1.82, 2.24) is 15.3 Å². The molecule has 0 saturated heterocycles. The molecule has 28 heavy (non-hydrogen) atoms. The zero-order valence-electron chi connectivity index (χ0n) is 16.2. The number of aromatic nitrogens is 2. The summed E-state index contributed by atoms with van der Waals surface area (Å²) in [6.07, 6.45) is 3.00. The van der Waals surface area contributed by atoms with Crippen LogP contribution in [0.25, 0.3) is 0 Å². The number of nitrogens with one attached hydrogen (secondary N) is 2. The van der Waals surface area contributed by atoms with E-state index in [4.69, 9.17) is 11.6 Å². The van der Waals surface area contributed by atoms with Gasteiger partial charge in [0.25, 0.3) is 5.91 Å². The number of nitrogens with zero attached hydrogens (tertiary/aromatic N) is 2.